The van der Waals surface area contributed by atoms with Crippen LogP contribution in [0.25, 0.3) is 0 Å². The predicted molar refractivity (Wildman–Crippen MR) is 78.1 cm³/mol. The molecule has 2 nitrogen and oxygen atoms in total. The molecular formula is C15H23ClN2. The largest absolute Gasteiger partial charge is 0.309 e. The van der Waals surface area contributed by atoms with Gasteiger partial charge in [0.1, 0.15) is 0 Å². The Kier molecular flexibility index (Phi) is 5.04. The number of nitrogens with zero attached hydrogens (tertiary/aromatic N) is 1. The van der Waals surface area contributed by atoms with Crippen molar-refractivity contribution < 1.29 is 0 Å². The molecule has 1 saturated heterocycles. The summed E-state index contributed by atoms with van der Waals surface area (Å²) in [7, 11) is 0. The Balaban J connectivity index is 1.84. The van der Waals surface area contributed by atoms with Crippen molar-refractivity contribution in [1.82, 2.24) is 10.2 Å². The molecule has 1 aliphatic heterocycles. The summed E-state index contributed by atoms with van der Waals surface area (Å²) >= 11 is 5.91. The smallest absolute Gasteiger partial charge is 0.0406 e. The van der Waals surface area contributed by atoms with E-state index in [0.29, 0.717) is 12.1 Å². The summed E-state index contributed by atoms with van der Waals surface area (Å²) in [6, 6.07) is 9.23. The first kappa shape index (κ1) is 13.9. The van der Waals surface area contributed by atoms with E-state index >= 15 is 0 Å². The molecule has 0 saturated carbocycles. The fourth-order valence-corrected chi connectivity index (χ4v) is 2.85. The number of halogens is 1. The molecule has 2 unspecified atom stereocenters. The van der Waals surface area contributed by atoms with Gasteiger partial charge in [0.2, 0.25) is 0 Å². The van der Waals surface area contributed by atoms with Crippen LogP contribution in [0.1, 0.15) is 38.3 Å². The summed E-state index contributed by atoms with van der Waals surface area (Å²) in [4.78, 5) is 2.57. The lowest BCUT2D eigenvalue weighted by molar-refractivity contribution is 0.255. The third-order valence-corrected chi connectivity index (χ3v) is 4.19. The van der Waals surface area contributed by atoms with Crippen molar-refractivity contribution in [2.24, 2.45) is 0 Å². The summed E-state index contributed by atoms with van der Waals surface area (Å²) in [5.41, 5.74) is 1.31. The van der Waals surface area contributed by atoms with Crippen LogP contribution in [0.5, 0.6) is 0 Å². The zero-order valence-electron chi connectivity index (χ0n) is 11.3. The quantitative estimate of drug-likeness (QED) is 0.878. The molecule has 18 heavy (non-hydrogen) atoms. The molecule has 2 atom stereocenters. The fourth-order valence-electron chi connectivity index (χ4n) is 2.72. The van der Waals surface area contributed by atoms with Crippen molar-refractivity contribution >= 4 is 11.6 Å². The maximum Gasteiger partial charge on any atom is 0.0406 e. The fraction of sp³-hybridized carbons (Fsp3) is 0.600. The highest BCUT2D eigenvalue weighted by Crippen LogP contribution is 2.19. The number of hydrogen-bond acceptors (Lipinski definition) is 2. The Morgan fingerprint density at radius 3 is 2.78 bits per heavy atom. The molecular weight excluding hydrogens is 244 g/mol. The first-order valence-corrected chi connectivity index (χ1v) is 7.31. The van der Waals surface area contributed by atoms with E-state index < -0.39 is 0 Å². The molecule has 1 aromatic carbocycles. The van der Waals surface area contributed by atoms with E-state index in [4.69, 9.17) is 11.6 Å². The van der Waals surface area contributed by atoms with Crippen molar-refractivity contribution in [2.75, 3.05) is 19.6 Å². The second-order valence-electron chi connectivity index (χ2n) is 5.11. The molecule has 0 radical (unpaired) electrons. The van der Waals surface area contributed by atoms with Gasteiger partial charge in [0.25, 0.3) is 0 Å². The molecule has 0 aliphatic carbocycles. The number of benzene rings is 1. The number of rotatable bonds is 5. The van der Waals surface area contributed by atoms with Crippen LogP contribution >= 0.6 is 11.6 Å². The zero-order chi connectivity index (χ0) is 13.0. The highest BCUT2D eigenvalue weighted by Gasteiger charge is 2.22. The second kappa shape index (κ2) is 6.55. The minimum atomic E-state index is 0.390. The average Bonchev–Trinajstić information content (AvgIpc) is 2.84. The van der Waals surface area contributed by atoms with Crippen LogP contribution in [0.4, 0.5) is 0 Å². The van der Waals surface area contributed by atoms with Crippen LogP contribution in [0, 0.1) is 0 Å². The second-order valence-corrected chi connectivity index (χ2v) is 5.54. The number of likely N-dealkylation sites (N-methyl/N-ethyl adjacent to an activating group) is 1. The van der Waals surface area contributed by atoms with Gasteiger partial charge in [-0.1, -0.05) is 30.7 Å². The normalized spacial score (nSPS) is 22.3. The molecule has 1 heterocycles. The van der Waals surface area contributed by atoms with Crippen molar-refractivity contribution in [1.29, 1.82) is 0 Å². The van der Waals surface area contributed by atoms with Crippen LogP contribution < -0.4 is 5.32 Å². The average molecular weight is 267 g/mol. The number of likely N-dealkylation sites (tertiary alicyclic amines) is 1. The summed E-state index contributed by atoms with van der Waals surface area (Å²) < 4.78 is 0. The van der Waals surface area contributed by atoms with E-state index in [2.05, 4.69) is 36.2 Å². The SMILES string of the molecule is CCN1CCCC1CNC(C)c1ccc(Cl)cc1. The van der Waals surface area contributed by atoms with Gasteiger partial charge in [0.05, 0.1) is 0 Å². The molecule has 0 bridgehead atoms. The van der Waals surface area contributed by atoms with Gasteiger partial charge in [-0.15, -0.1) is 0 Å². The minimum absolute atomic E-state index is 0.390. The van der Waals surface area contributed by atoms with E-state index in [9.17, 15) is 0 Å². The lowest BCUT2D eigenvalue weighted by atomic mass is 10.1. The van der Waals surface area contributed by atoms with Crippen molar-refractivity contribution in [3.8, 4) is 0 Å². The molecule has 1 aliphatic rings. The lowest BCUT2D eigenvalue weighted by Crippen LogP contribution is -2.38. The van der Waals surface area contributed by atoms with Gasteiger partial charge in [0, 0.05) is 23.7 Å². The first-order chi connectivity index (χ1) is 8.70. The standard InChI is InChI=1S/C15H23ClN2/c1-3-18-10-4-5-15(18)11-17-12(2)13-6-8-14(16)9-7-13/h6-9,12,15,17H,3-5,10-11H2,1-2H3. The van der Waals surface area contributed by atoms with Crippen LogP contribution in [0.15, 0.2) is 24.3 Å². The Morgan fingerprint density at radius 2 is 2.11 bits per heavy atom. The van der Waals surface area contributed by atoms with Crippen LogP contribution in [-0.2, 0) is 0 Å². The van der Waals surface area contributed by atoms with Gasteiger partial charge >= 0.3 is 0 Å². The van der Waals surface area contributed by atoms with Gasteiger partial charge in [-0.25, -0.2) is 0 Å². The van der Waals surface area contributed by atoms with E-state index in [1.165, 1.54) is 31.5 Å². The van der Waals surface area contributed by atoms with Crippen molar-refractivity contribution in [3.05, 3.63) is 34.9 Å². The molecule has 2 rings (SSSR count). The Labute approximate surface area is 115 Å². The van der Waals surface area contributed by atoms with Crippen LogP contribution in [0.2, 0.25) is 5.02 Å². The molecule has 0 spiro atoms. The van der Waals surface area contributed by atoms with Gasteiger partial charge in [-0.05, 0) is 50.6 Å². The summed E-state index contributed by atoms with van der Waals surface area (Å²) in [5, 5.41) is 4.44. The topological polar surface area (TPSA) is 15.3 Å². The first-order valence-electron chi connectivity index (χ1n) is 6.93. The van der Waals surface area contributed by atoms with Crippen LogP contribution in [-0.4, -0.2) is 30.6 Å². The Morgan fingerprint density at radius 1 is 1.39 bits per heavy atom. The molecule has 1 aromatic rings. The maximum atomic E-state index is 5.91. The highest BCUT2D eigenvalue weighted by atomic mass is 35.5. The third-order valence-electron chi connectivity index (χ3n) is 3.93. The monoisotopic (exact) mass is 266 g/mol. The van der Waals surface area contributed by atoms with Gasteiger partial charge in [-0.3, -0.25) is 4.90 Å². The minimum Gasteiger partial charge on any atom is -0.309 e. The number of nitrogens with one attached hydrogen (secondary N) is 1. The third kappa shape index (κ3) is 3.47. The summed E-state index contributed by atoms with van der Waals surface area (Å²) in [6.45, 7) is 7.98. The van der Waals surface area contributed by atoms with Crippen molar-refractivity contribution in [2.45, 2.75) is 38.8 Å². The van der Waals surface area contributed by atoms with E-state index in [0.717, 1.165) is 11.6 Å². The van der Waals surface area contributed by atoms with Crippen molar-refractivity contribution in [3.63, 3.8) is 0 Å². The zero-order valence-corrected chi connectivity index (χ0v) is 12.1. The van der Waals surface area contributed by atoms with E-state index in [1.54, 1.807) is 0 Å². The lowest BCUT2D eigenvalue weighted by Gasteiger charge is -2.25. The van der Waals surface area contributed by atoms with Gasteiger partial charge < -0.3 is 5.32 Å². The van der Waals surface area contributed by atoms with E-state index in [-0.39, 0.29) is 0 Å². The molecule has 0 aromatic heterocycles. The molecule has 100 valence electrons. The maximum absolute atomic E-state index is 5.91. The molecule has 1 fully saturated rings. The highest BCUT2D eigenvalue weighted by molar-refractivity contribution is 6.30. The van der Waals surface area contributed by atoms with Gasteiger partial charge in [0.15, 0.2) is 0 Å². The molecule has 0 amide bonds. The number of hydrogen-bond donors (Lipinski definition) is 1. The summed E-state index contributed by atoms with van der Waals surface area (Å²) in [5.74, 6) is 0. The van der Waals surface area contributed by atoms with Gasteiger partial charge in [-0.2, -0.15) is 0 Å². The molecule has 3 heteroatoms. The van der Waals surface area contributed by atoms with Crippen LogP contribution in [0.3, 0.4) is 0 Å². The Hall–Kier alpha value is -0.570. The summed E-state index contributed by atoms with van der Waals surface area (Å²) in [6.07, 6.45) is 2.67. The molecule has 1 N–H and O–H groups in total. The predicted octanol–water partition coefficient (Wildman–Crippen LogP) is 3.47. The Bertz CT molecular complexity index is 363. The van der Waals surface area contributed by atoms with E-state index in [1.807, 2.05) is 12.1 Å².